The van der Waals surface area contributed by atoms with Gasteiger partial charge in [0.15, 0.2) is 0 Å². The van der Waals surface area contributed by atoms with Gasteiger partial charge in [-0.1, -0.05) is 13.8 Å². The summed E-state index contributed by atoms with van der Waals surface area (Å²) in [6.07, 6.45) is 5.36. The summed E-state index contributed by atoms with van der Waals surface area (Å²) in [7, 11) is 1.84. The minimum atomic E-state index is -0.0854. The molecule has 1 aliphatic heterocycles. The summed E-state index contributed by atoms with van der Waals surface area (Å²) >= 11 is 0. The van der Waals surface area contributed by atoms with Crippen LogP contribution in [0.2, 0.25) is 0 Å². The van der Waals surface area contributed by atoms with Crippen LogP contribution in [0, 0.1) is 5.41 Å². The van der Waals surface area contributed by atoms with Crippen molar-refractivity contribution in [1.29, 1.82) is 0 Å². The number of carbonyl (C=O) groups is 1. The highest BCUT2D eigenvalue weighted by atomic mass is 16.2. The summed E-state index contributed by atoms with van der Waals surface area (Å²) in [6.45, 7) is 7.30. The molecule has 0 bridgehead atoms. The molecule has 1 aromatic heterocycles. The summed E-state index contributed by atoms with van der Waals surface area (Å²) in [5.41, 5.74) is 6.39. The van der Waals surface area contributed by atoms with Gasteiger partial charge in [-0.2, -0.15) is 0 Å². The molecule has 5 nitrogen and oxygen atoms in total. The van der Waals surface area contributed by atoms with Gasteiger partial charge in [-0.25, -0.2) is 4.98 Å². The third-order valence-corrected chi connectivity index (χ3v) is 4.24. The molecule has 0 unspecified atom stereocenters. The molecule has 0 radical (unpaired) electrons. The van der Waals surface area contributed by atoms with Gasteiger partial charge in [0, 0.05) is 32.9 Å². The van der Waals surface area contributed by atoms with Gasteiger partial charge in [0.2, 0.25) is 0 Å². The second-order valence-electron chi connectivity index (χ2n) is 6.95. The SMILES string of the molecule is CN(CC(C)(C)CN)C(=O)c1cccnc1N1CCCCC1. The average molecular weight is 304 g/mol. The summed E-state index contributed by atoms with van der Waals surface area (Å²) in [4.78, 5) is 21.3. The molecule has 22 heavy (non-hydrogen) atoms. The Kier molecular flexibility index (Phi) is 5.40. The summed E-state index contributed by atoms with van der Waals surface area (Å²) < 4.78 is 0. The van der Waals surface area contributed by atoms with Crippen LogP contribution < -0.4 is 10.6 Å². The van der Waals surface area contributed by atoms with Crippen molar-refractivity contribution >= 4 is 11.7 Å². The van der Waals surface area contributed by atoms with Gasteiger partial charge in [0.25, 0.3) is 5.91 Å². The molecule has 2 N–H and O–H groups in total. The van der Waals surface area contributed by atoms with E-state index in [1.165, 1.54) is 19.3 Å². The summed E-state index contributed by atoms with van der Waals surface area (Å²) in [5, 5.41) is 0. The first-order valence-corrected chi connectivity index (χ1v) is 8.10. The Labute approximate surface area is 133 Å². The van der Waals surface area contributed by atoms with Crippen LogP contribution in [0.1, 0.15) is 43.5 Å². The van der Waals surface area contributed by atoms with E-state index in [0.29, 0.717) is 18.7 Å². The minimum Gasteiger partial charge on any atom is -0.356 e. The van der Waals surface area contributed by atoms with Crippen molar-refractivity contribution in [3.63, 3.8) is 0 Å². The Morgan fingerprint density at radius 3 is 2.68 bits per heavy atom. The molecule has 0 spiro atoms. The topological polar surface area (TPSA) is 62.5 Å². The third-order valence-electron chi connectivity index (χ3n) is 4.24. The average Bonchev–Trinajstić information content (AvgIpc) is 2.54. The predicted molar refractivity (Wildman–Crippen MR) is 90.1 cm³/mol. The van der Waals surface area contributed by atoms with E-state index >= 15 is 0 Å². The van der Waals surface area contributed by atoms with Crippen LogP contribution in [0.15, 0.2) is 18.3 Å². The predicted octanol–water partition coefficient (Wildman–Crippen LogP) is 2.13. The zero-order valence-electron chi connectivity index (χ0n) is 14.0. The van der Waals surface area contributed by atoms with Gasteiger partial charge in [0.1, 0.15) is 5.82 Å². The fourth-order valence-corrected chi connectivity index (χ4v) is 2.91. The van der Waals surface area contributed by atoms with Crippen LogP contribution >= 0.6 is 0 Å². The molecular formula is C17H28N4O. The molecule has 2 rings (SSSR count). The fourth-order valence-electron chi connectivity index (χ4n) is 2.91. The summed E-state index contributed by atoms with van der Waals surface area (Å²) in [5.74, 6) is 0.847. The molecule has 0 aliphatic carbocycles. The van der Waals surface area contributed by atoms with Crippen LogP contribution in [-0.2, 0) is 0 Å². The van der Waals surface area contributed by atoms with E-state index in [1.54, 1.807) is 11.1 Å². The van der Waals surface area contributed by atoms with Crippen molar-refractivity contribution in [3.8, 4) is 0 Å². The highest BCUT2D eigenvalue weighted by Gasteiger charge is 2.25. The lowest BCUT2D eigenvalue weighted by atomic mass is 9.93. The van der Waals surface area contributed by atoms with Gasteiger partial charge < -0.3 is 15.5 Å². The first kappa shape index (κ1) is 16.7. The maximum atomic E-state index is 12.8. The highest BCUT2D eigenvalue weighted by Crippen LogP contribution is 2.24. The normalized spacial score (nSPS) is 15.7. The van der Waals surface area contributed by atoms with Gasteiger partial charge >= 0.3 is 0 Å². The van der Waals surface area contributed by atoms with Crippen LogP contribution in [0.25, 0.3) is 0 Å². The number of nitrogens with two attached hydrogens (primary N) is 1. The number of amides is 1. The highest BCUT2D eigenvalue weighted by molar-refractivity contribution is 5.98. The molecule has 0 aromatic carbocycles. The first-order valence-electron chi connectivity index (χ1n) is 8.10. The third kappa shape index (κ3) is 3.97. The number of pyridine rings is 1. The largest absolute Gasteiger partial charge is 0.356 e. The molecule has 1 aromatic rings. The van der Waals surface area contributed by atoms with Crippen molar-refractivity contribution in [1.82, 2.24) is 9.88 Å². The Morgan fingerprint density at radius 2 is 2.05 bits per heavy atom. The standard InChI is InChI=1S/C17H28N4O/c1-17(2,12-18)13-20(3)16(22)14-8-7-9-19-15(14)21-10-5-4-6-11-21/h7-9H,4-6,10-13,18H2,1-3H3. The molecule has 5 heteroatoms. The zero-order valence-corrected chi connectivity index (χ0v) is 14.0. The number of hydrogen-bond donors (Lipinski definition) is 1. The number of aromatic nitrogens is 1. The molecule has 0 saturated carbocycles. The molecule has 1 fully saturated rings. The van der Waals surface area contributed by atoms with Crippen molar-refractivity contribution in [2.24, 2.45) is 11.1 Å². The number of hydrogen-bond acceptors (Lipinski definition) is 4. The van der Waals surface area contributed by atoms with Gasteiger partial charge in [-0.15, -0.1) is 0 Å². The maximum Gasteiger partial charge on any atom is 0.257 e. The van der Waals surface area contributed by atoms with Crippen LogP contribution in [0.3, 0.4) is 0 Å². The maximum absolute atomic E-state index is 12.8. The zero-order chi connectivity index (χ0) is 16.2. The Balaban J connectivity index is 2.18. The van der Waals surface area contributed by atoms with E-state index in [1.807, 2.05) is 19.2 Å². The van der Waals surface area contributed by atoms with Crippen LogP contribution in [-0.4, -0.2) is 49.0 Å². The van der Waals surface area contributed by atoms with Gasteiger partial charge in [-0.05, 0) is 43.4 Å². The van der Waals surface area contributed by atoms with Crippen molar-refractivity contribution in [3.05, 3.63) is 23.9 Å². The molecule has 2 heterocycles. The number of carbonyl (C=O) groups excluding carboxylic acids is 1. The number of rotatable bonds is 5. The Hall–Kier alpha value is -1.62. The second kappa shape index (κ2) is 7.09. The molecule has 122 valence electrons. The Morgan fingerprint density at radius 1 is 1.36 bits per heavy atom. The van der Waals surface area contributed by atoms with Crippen molar-refractivity contribution in [2.75, 3.05) is 38.1 Å². The number of nitrogens with zero attached hydrogens (tertiary/aromatic N) is 3. The van der Waals surface area contributed by atoms with Crippen LogP contribution in [0.4, 0.5) is 5.82 Å². The quantitative estimate of drug-likeness (QED) is 0.905. The second-order valence-corrected chi connectivity index (χ2v) is 6.95. The van der Waals surface area contributed by atoms with Crippen molar-refractivity contribution < 1.29 is 4.79 Å². The lowest BCUT2D eigenvalue weighted by Gasteiger charge is -2.32. The van der Waals surface area contributed by atoms with Gasteiger partial charge in [0.05, 0.1) is 5.56 Å². The van der Waals surface area contributed by atoms with Crippen molar-refractivity contribution in [2.45, 2.75) is 33.1 Å². The van der Waals surface area contributed by atoms with E-state index in [9.17, 15) is 4.79 Å². The molecule has 0 atom stereocenters. The lowest BCUT2D eigenvalue weighted by Crippen LogP contribution is -2.40. The monoisotopic (exact) mass is 304 g/mol. The Bertz CT molecular complexity index is 509. The number of anilines is 1. The smallest absolute Gasteiger partial charge is 0.257 e. The van der Waals surface area contributed by atoms with E-state index < -0.39 is 0 Å². The van der Waals surface area contributed by atoms with E-state index in [2.05, 4.69) is 23.7 Å². The molecule has 1 aliphatic rings. The molecular weight excluding hydrogens is 276 g/mol. The van der Waals surface area contributed by atoms with E-state index in [-0.39, 0.29) is 11.3 Å². The van der Waals surface area contributed by atoms with E-state index in [0.717, 1.165) is 18.9 Å². The van der Waals surface area contributed by atoms with E-state index in [4.69, 9.17) is 5.73 Å². The van der Waals surface area contributed by atoms with Crippen LogP contribution in [0.5, 0.6) is 0 Å². The fraction of sp³-hybridized carbons (Fsp3) is 0.647. The lowest BCUT2D eigenvalue weighted by molar-refractivity contribution is 0.0740. The molecule has 1 amide bonds. The van der Waals surface area contributed by atoms with Gasteiger partial charge in [-0.3, -0.25) is 4.79 Å². The first-order chi connectivity index (χ1) is 10.4. The summed E-state index contributed by atoms with van der Waals surface area (Å²) in [6, 6.07) is 3.72. The molecule has 1 saturated heterocycles. The minimum absolute atomic E-state index is 0.0233. The number of piperidine rings is 1.